The fourth-order valence-corrected chi connectivity index (χ4v) is 2.79. The van der Waals surface area contributed by atoms with Gasteiger partial charge in [0.25, 0.3) is 0 Å². The highest BCUT2D eigenvalue weighted by atomic mass is 15.1. The van der Waals surface area contributed by atoms with Crippen LogP contribution in [0.5, 0.6) is 0 Å². The molecule has 0 saturated heterocycles. The molecule has 0 bridgehead atoms. The number of hydrogen-bond acceptors (Lipinski definition) is 2. The summed E-state index contributed by atoms with van der Waals surface area (Å²) in [5.74, 6) is 0.928. The predicted octanol–water partition coefficient (Wildman–Crippen LogP) is 4.12. The van der Waals surface area contributed by atoms with Crippen molar-refractivity contribution < 1.29 is 0 Å². The predicted molar refractivity (Wildman–Crippen MR) is 88.4 cm³/mol. The van der Waals surface area contributed by atoms with Crippen LogP contribution >= 0.6 is 0 Å². The first-order valence-electron chi connectivity index (χ1n) is 8.18. The molecule has 1 fully saturated rings. The van der Waals surface area contributed by atoms with Gasteiger partial charge in [-0.25, -0.2) is 0 Å². The van der Waals surface area contributed by atoms with Crippen LogP contribution in [0.25, 0.3) is 0 Å². The van der Waals surface area contributed by atoms with E-state index in [1.54, 1.807) is 0 Å². The zero-order valence-electron chi connectivity index (χ0n) is 13.6. The number of nitrogens with zero attached hydrogens (tertiary/aromatic N) is 1. The number of benzene rings is 1. The Morgan fingerprint density at radius 1 is 1.30 bits per heavy atom. The number of rotatable bonds is 7. The Balaban J connectivity index is 2.01. The van der Waals surface area contributed by atoms with Crippen LogP contribution < -0.4 is 10.2 Å². The van der Waals surface area contributed by atoms with E-state index in [1.807, 2.05) is 0 Å². The molecule has 1 N–H and O–H groups in total. The van der Waals surface area contributed by atoms with E-state index in [2.05, 4.69) is 56.1 Å². The van der Waals surface area contributed by atoms with E-state index in [-0.39, 0.29) is 0 Å². The van der Waals surface area contributed by atoms with E-state index in [1.165, 1.54) is 42.6 Å². The van der Waals surface area contributed by atoms with Gasteiger partial charge in [-0.1, -0.05) is 26.3 Å². The van der Waals surface area contributed by atoms with Crippen LogP contribution in [-0.4, -0.2) is 19.1 Å². The Morgan fingerprint density at radius 2 is 2.05 bits per heavy atom. The monoisotopic (exact) mass is 274 g/mol. The van der Waals surface area contributed by atoms with Crippen LogP contribution in [0.3, 0.4) is 0 Å². The van der Waals surface area contributed by atoms with E-state index in [9.17, 15) is 0 Å². The van der Waals surface area contributed by atoms with Crippen molar-refractivity contribution in [2.45, 2.75) is 59.5 Å². The summed E-state index contributed by atoms with van der Waals surface area (Å²) in [7, 11) is 0. The topological polar surface area (TPSA) is 15.3 Å². The lowest BCUT2D eigenvalue weighted by Crippen LogP contribution is -2.32. The quantitative estimate of drug-likeness (QED) is 0.804. The van der Waals surface area contributed by atoms with E-state index in [0.29, 0.717) is 6.04 Å². The molecule has 1 aliphatic carbocycles. The maximum absolute atomic E-state index is 3.50. The van der Waals surface area contributed by atoms with Crippen molar-refractivity contribution in [1.82, 2.24) is 5.32 Å². The highest BCUT2D eigenvalue weighted by Gasteiger charge is 2.20. The minimum Gasteiger partial charge on any atom is -0.372 e. The molecule has 0 aliphatic heterocycles. The zero-order valence-corrected chi connectivity index (χ0v) is 13.6. The molecule has 20 heavy (non-hydrogen) atoms. The van der Waals surface area contributed by atoms with Crippen molar-refractivity contribution in [1.29, 1.82) is 0 Å². The molecule has 0 heterocycles. The van der Waals surface area contributed by atoms with Crippen LogP contribution in [0.15, 0.2) is 18.2 Å². The third-order valence-corrected chi connectivity index (χ3v) is 4.48. The Hall–Kier alpha value is -1.02. The number of aryl methyl sites for hydroxylation is 1. The molecule has 0 spiro atoms. The summed E-state index contributed by atoms with van der Waals surface area (Å²) >= 11 is 0. The van der Waals surface area contributed by atoms with Crippen molar-refractivity contribution in [3.05, 3.63) is 29.3 Å². The van der Waals surface area contributed by atoms with Crippen molar-refractivity contribution in [3.63, 3.8) is 0 Å². The van der Waals surface area contributed by atoms with Crippen LogP contribution in [0, 0.1) is 12.8 Å². The Kier molecular flexibility index (Phi) is 5.47. The summed E-state index contributed by atoms with van der Waals surface area (Å²) in [6, 6.07) is 7.50. The van der Waals surface area contributed by atoms with Gasteiger partial charge in [0.2, 0.25) is 0 Å². The molecule has 2 rings (SSSR count). The lowest BCUT2D eigenvalue weighted by molar-refractivity contribution is 0.318. The standard InChI is InChI=1S/C18H30N2/c1-5-20(13-16-7-6-8-16)18-10-9-17(15(4)11-18)12-19-14(2)3/h9-11,14,16,19H,5-8,12-13H2,1-4H3. The van der Waals surface area contributed by atoms with Gasteiger partial charge in [0, 0.05) is 31.4 Å². The Bertz CT molecular complexity index is 421. The molecule has 1 aromatic carbocycles. The molecule has 0 radical (unpaired) electrons. The first-order chi connectivity index (χ1) is 9.60. The average Bonchev–Trinajstić information content (AvgIpc) is 2.36. The van der Waals surface area contributed by atoms with Crippen molar-refractivity contribution in [2.75, 3.05) is 18.0 Å². The lowest BCUT2D eigenvalue weighted by atomic mass is 9.85. The zero-order chi connectivity index (χ0) is 14.5. The molecule has 0 amide bonds. The fourth-order valence-electron chi connectivity index (χ4n) is 2.79. The summed E-state index contributed by atoms with van der Waals surface area (Å²) < 4.78 is 0. The highest BCUT2D eigenvalue weighted by molar-refractivity contribution is 5.51. The number of hydrogen-bond donors (Lipinski definition) is 1. The molecule has 112 valence electrons. The third-order valence-electron chi connectivity index (χ3n) is 4.48. The largest absolute Gasteiger partial charge is 0.372 e. The maximum Gasteiger partial charge on any atom is 0.0369 e. The van der Waals surface area contributed by atoms with Crippen molar-refractivity contribution in [2.24, 2.45) is 5.92 Å². The second kappa shape index (κ2) is 7.12. The second-order valence-corrected chi connectivity index (χ2v) is 6.48. The van der Waals surface area contributed by atoms with Gasteiger partial charge >= 0.3 is 0 Å². The lowest BCUT2D eigenvalue weighted by Gasteiger charge is -2.33. The first kappa shape index (κ1) is 15.4. The average molecular weight is 274 g/mol. The summed E-state index contributed by atoms with van der Waals surface area (Å²) in [5, 5.41) is 3.50. The van der Waals surface area contributed by atoms with E-state index < -0.39 is 0 Å². The van der Waals surface area contributed by atoms with Crippen molar-refractivity contribution in [3.8, 4) is 0 Å². The van der Waals surface area contributed by atoms with Crippen LogP contribution in [0.1, 0.15) is 51.2 Å². The summed E-state index contributed by atoms with van der Waals surface area (Å²) in [5.41, 5.74) is 4.22. The first-order valence-corrected chi connectivity index (χ1v) is 8.18. The number of nitrogens with one attached hydrogen (secondary N) is 1. The summed E-state index contributed by atoms with van der Waals surface area (Å²) in [6.07, 6.45) is 4.28. The normalized spacial score (nSPS) is 15.4. The van der Waals surface area contributed by atoms with E-state index >= 15 is 0 Å². The third kappa shape index (κ3) is 3.99. The molecule has 1 saturated carbocycles. The van der Waals surface area contributed by atoms with E-state index in [0.717, 1.165) is 19.0 Å². The summed E-state index contributed by atoms with van der Waals surface area (Å²) in [4.78, 5) is 2.54. The SMILES string of the molecule is CCN(CC1CCC1)c1ccc(CNC(C)C)c(C)c1. The molecule has 2 nitrogen and oxygen atoms in total. The van der Waals surface area contributed by atoms with Gasteiger partial charge < -0.3 is 10.2 Å². The minimum atomic E-state index is 0.542. The van der Waals surface area contributed by atoms with Gasteiger partial charge in [0.1, 0.15) is 0 Å². The van der Waals surface area contributed by atoms with Gasteiger partial charge in [-0.3, -0.25) is 0 Å². The van der Waals surface area contributed by atoms with E-state index in [4.69, 9.17) is 0 Å². The van der Waals surface area contributed by atoms with Gasteiger partial charge in [0.05, 0.1) is 0 Å². The maximum atomic E-state index is 3.50. The summed E-state index contributed by atoms with van der Waals surface area (Å²) in [6.45, 7) is 12.2. The van der Waals surface area contributed by atoms with Crippen LogP contribution in [0.4, 0.5) is 5.69 Å². The van der Waals surface area contributed by atoms with Crippen LogP contribution in [0.2, 0.25) is 0 Å². The highest BCUT2D eigenvalue weighted by Crippen LogP contribution is 2.29. The van der Waals surface area contributed by atoms with Crippen LogP contribution in [-0.2, 0) is 6.54 Å². The molecule has 2 heteroatoms. The van der Waals surface area contributed by atoms with Gasteiger partial charge in [-0.2, -0.15) is 0 Å². The molecule has 1 aliphatic rings. The molecule has 1 aromatic rings. The van der Waals surface area contributed by atoms with Crippen molar-refractivity contribution >= 4 is 5.69 Å². The van der Waals surface area contributed by atoms with Gasteiger partial charge in [-0.05, 0) is 55.9 Å². The Labute approximate surface area is 124 Å². The molecular formula is C18H30N2. The second-order valence-electron chi connectivity index (χ2n) is 6.48. The van der Waals surface area contributed by atoms with Gasteiger partial charge in [0.15, 0.2) is 0 Å². The molecular weight excluding hydrogens is 244 g/mol. The Morgan fingerprint density at radius 3 is 2.55 bits per heavy atom. The molecule has 0 atom stereocenters. The minimum absolute atomic E-state index is 0.542. The fraction of sp³-hybridized carbons (Fsp3) is 0.667. The number of anilines is 1. The molecule has 0 aromatic heterocycles. The molecule has 0 unspecified atom stereocenters. The van der Waals surface area contributed by atoms with Gasteiger partial charge in [-0.15, -0.1) is 0 Å². The smallest absolute Gasteiger partial charge is 0.0369 e.